The number of benzene rings is 2. The number of para-hydroxylation sites is 2. The monoisotopic (exact) mass is 471 g/mol. The molecule has 0 radical (unpaired) electrons. The fraction of sp³-hybridized carbons (Fsp3) is 0.321. The molecule has 5 rings (SSSR count). The highest BCUT2D eigenvalue weighted by Crippen LogP contribution is 2.33. The minimum Gasteiger partial charge on any atom is -0.464 e. The number of hydrogen-bond acceptors (Lipinski definition) is 5. The number of rotatable bonds is 5. The summed E-state index contributed by atoms with van der Waals surface area (Å²) in [6, 6.07) is 9.57. The molecule has 3 aromatic heterocycles. The van der Waals surface area contributed by atoms with Gasteiger partial charge in [-0.15, -0.1) is 0 Å². The van der Waals surface area contributed by atoms with Gasteiger partial charge >= 0.3 is 5.63 Å². The van der Waals surface area contributed by atoms with Crippen LogP contribution in [-0.2, 0) is 18.3 Å². The summed E-state index contributed by atoms with van der Waals surface area (Å²) in [4.78, 5) is 30.9. The molecule has 0 spiro atoms. The summed E-state index contributed by atoms with van der Waals surface area (Å²) in [6.07, 6.45) is 1.63. The first-order chi connectivity index (χ1) is 16.7. The third kappa shape index (κ3) is 3.71. The minimum atomic E-state index is -0.500. The maximum atomic E-state index is 13.2. The number of aromatic nitrogens is 2. The van der Waals surface area contributed by atoms with Crippen LogP contribution in [0.1, 0.15) is 48.0 Å². The third-order valence-corrected chi connectivity index (χ3v) is 6.96. The summed E-state index contributed by atoms with van der Waals surface area (Å²) in [5, 5.41) is 4.91. The molecule has 0 unspecified atom stereocenters. The van der Waals surface area contributed by atoms with Crippen molar-refractivity contribution in [2.24, 2.45) is 13.0 Å². The van der Waals surface area contributed by atoms with Crippen molar-refractivity contribution in [3.63, 3.8) is 0 Å². The Hall–Kier alpha value is -3.87. The van der Waals surface area contributed by atoms with E-state index in [4.69, 9.17) is 13.8 Å². The zero-order chi connectivity index (χ0) is 25.0. The molecule has 0 saturated carbocycles. The van der Waals surface area contributed by atoms with Crippen LogP contribution in [0, 0.1) is 26.7 Å². The van der Waals surface area contributed by atoms with Gasteiger partial charge in [0.25, 0.3) is 0 Å². The van der Waals surface area contributed by atoms with Crippen LogP contribution in [-0.4, -0.2) is 15.5 Å². The molecule has 180 valence electrons. The predicted molar refractivity (Wildman–Crippen MR) is 137 cm³/mol. The molecule has 0 saturated heterocycles. The number of nitrogens with zero attached hydrogens (tertiary/aromatic N) is 2. The molecule has 7 heteroatoms. The summed E-state index contributed by atoms with van der Waals surface area (Å²) >= 11 is 0. The molecule has 0 aliphatic heterocycles. The number of furan rings is 1. The highest BCUT2D eigenvalue weighted by molar-refractivity contribution is 6.00. The summed E-state index contributed by atoms with van der Waals surface area (Å²) in [6.45, 7) is 9.82. The quantitative estimate of drug-likeness (QED) is 0.346. The van der Waals surface area contributed by atoms with Crippen LogP contribution in [0.4, 0.5) is 0 Å². The number of amides is 1. The lowest BCUT2D eigenvalue weighted by molar-refractivity contribution is -0.121. The molecule has 1 N–H and O–H groups in total. The van der Waals surface area contributed by atoms with Gasteiger partial charge in [0.15, 0.2) is 0 Å². The number of fused-ring (bicyclic) bond motifs is 3. The molecule has 35 heavy (non-hydrogen) atoms. The van der Waals surface area contributed by atoms with Gasteiger partial charge < -0.3 is 18.7 Å². The molecule has 0 fully saturated rings. The van der Waals surface area contributed by atoms with E-state index in [2.05, 4.69) is 5.32 Å². The number of carbonyl (C=O) groups excluding carboxylic acids is 1. The molecule has 0 aliphatic carbocycles. The largest absolute Gasteiger partial charge is 0.464 e. The predicted octanol–water partition coefficient (Wildman–Crippen LogP) is 5.41. The lowest BCUT2D eigenvalue weighted by Gasteiger charge is -2.22. The Balaban J connectivity index is 1.50. The van der Waals surface area contributed by atoms with E-state index in [-0.39, 0.29) is 24.3 Å². The first-order valence-electron chi connectivity index (χ1n) is 11.8. The fourth-order valence-corrected chi connectivity index (χ4v) is 4.88. The summed E-state index contributed by atoms with van der Waals surface area (Å²) in [7, 11) is 1.95. The molecule has 0 bridgehead atoms. The lowest BCUT2D eigenvalue weighted by atomic mass is 9.98. The normalized spacial score (nSPS) is 12.8. The molecule has 1 amide bonds. The zero-order valence-electron chi connectivity index (χ0n) is 20.9. The highest BCUT2D eigenvalue weighted by atomic mass is 16.4. The summed E-state index contributed by atoms with van der Waals surface area (Å²) in [5.41, 5.74) is 5.50. The maximum absolute atomic E-state index is 13.2. The first-order valence-corrected chi connectivity index (χ1v) is 11.8. The number of nitrogens with one attached hydrogen (secondary N) is 1. The van der Waals surface area contributed by atoms with Crippen LogP contribution in [0.3, 0.4) is 0 Å². The van der Waals surface area contributed by atoms with Crippen LogP contribution in [0.15, 0.2) is 50.2 Å². The van der Waals surface area contributed by atoms with Gasteiger partial charge in [0.05, 0.1) is 35.3 Å². The van der Waals surface area contributed by atoms with Gasteiger partial charge in [-0.3, -0.25) is 4.79 Å². The number of imidazole rings is 1. The second-order valence-corrected chi connectivity index (χ2v) is 9.65. The van der Waals surface area contributed by atoms with Gasteiger partial charge in [-0.2, -0.15) is 0 Å². The Morgan fingerprint density at radius 3 is 2.54 bits per heavy atom. The van der Waals surface area contributed by atoms with E-state index in [0.29, 0.717) is 16.7 Å². The van der Waals surface area contributed by atoms with Crippen molar-refractivity contribution in [2.75, 3.05) is 0 Å². The molecular weight excluding hydrogens is 442 g/mol. The lowest BCUT2D eigenvalue weighted by Crippen LogP contribution is -2.35. The van der Waals surface area contributed by atoms with Gasteiger partial charge in [-0.05, 0) is 56.0 Å². The van der Waals surface area contributed by atoms with Crippen molar-refractivity contribution in [1.29, 1.82) is 0 Å². The second-order valence-electron chi connectivity index (χ2n) is 9.65. The average Bonchev–Trinajstić information content (AvgIpc) is 3.36. The van der Waals surface area contributed by atoms with E-state index >= 15 is 0 Å². The van der Waals surface area contributed by atoms with Crippen molar-refractivity contribution in [2.45, 2.75) is 47.1 Å². The van der Waals surface area contributed by atoms with Gasteiger partial charge in [0.2, 0.25) is 5.91 Å². The molecule has 3 heterocycles. The molecule has 0 aliphatic rings. The number of carbonyl (C=O) groups is 1. The van der Waals surface area contributed by atoms with Crippen LogP contribution in [0.5, 0.6) is 0 Å². The van der Waals surface area contributed by atoms with Crippen molar-refractivity contribution >= 4 is 38.9 Å². The van der Waals surface area contributed by atoms with Crippen LogP contribution < -0.4 is 10.9 Å². The molecule has 2 aromatic carbocycles. The SMILES string of the molecule is Cc1coc2c(C)c3oc(=O)c(CC(=O)N[C@@H](c4nc5ccccc5n4C)C(C)C)c(C)c3cc12. The Kier molecular flexibility index (Phi) is 5.50. The molecule has 1 atom stereocenters. The summed E-state index contributed by atoms with van der Waals surface area (Å²) < 4.78 is 13.4. The molecule has 7 nitrogen and oxygen atoms in total. The van der Waals surface area contributed by atoms with E-state index in [9.17, 15) is 9.59 Å². The van der Waals surface area contributed by atoms with E-state index in [1.165, 1.54) is 0 Å². The Bertz CT molecular complexity index is 1670. The Labute approximate surface area is 202 Å². The van der Waals surface area contributed by atoms with Crippen molar-refractivity contribution in [3.8, 4) is 0 Å². The van der Waals surface area contributed by atoms with Gasteiger partial charge in [-0.1, -0.05) is 26.0 Å². The third-order valence-electron chi connectivity index (χ3n) is 6.96. The van der Waals surface area contributed by atoms with E-state index in [1.807, 2.05) is 76.6 Å². The minimum absolute atomic E-state index is 0.0707. The standard InChI is InChI=1S/C28H29N3O4/c1-14(2)24(27-29-21-9-7-8-10-22(21)31(27)6)30-23(32)12-20-16(4)19-11-18-15(3)13-34-25(18)17(5)26(19)35-28(20)33/h7-11,13-14,24H,12H2,1-6H3,(H,30,32)/t24-/m1/s1. The van der Waals surface area contributed by atoms with E-state index in [1.54, 1.807) is 6.26 Å². The van der Waals surface area contributed by atoms with Crippen LogP contribution in [0.2, 0.25) is 0 Å². The highest BCUT2D eigenvalue weighted by Gasteiger charge is 2.25. The Morgan fingerprint density at radius 1 is 1.09 bits per heavy atom. The van der Waals surface area contributed by atoms with E-state index < -0.39 is 5.63 Å². The van der Waals surface area contributed by atoms with Crippen molar-refractivity contribution in [3.05, 3.63) is 75.1 Å². The number of hydrogen-bond donors (Lipinski definition) is 1. The Morgan fingerprint density at radius 2 is 1.83 bits per heavy atom. The smallest absolute Gasteiger partial charge is 0.340 e. The van der Waals surface area contributed by atoms with Crippen LogP contribution >= 0.6 is 0 Å². The topological polar surface area (TPSA) is 90.3 Å². The van der Waals surface area contributed by atoms with Gasteiger partial charge in [0.1, 0.15) is 17.0 Å². The average molecular weight is 472 g/mol. The maximum Gasteiger partial charge on any atom is 0.340 e. The van der Waals surface area contributed by atoms with Crippen LogP contribution in [0.25, 0.3) is 33.0 Å². The number of aryl methyl sites for hydroxylation is 4. The first kappa shape index (κ1) is 22.9. The molecular formula is C28H29N3O4. The summed E-state index contributed by atoms with van der Waals surface area (Å²) in [5.74, 6) is 0.636. The molecule has 5 aromatic rings. The zero-order valence-corrected chi connectivity index (χ0v) is 20.9. The second kappa shape index (κ2) is 8.41. The van der Waals surface area contributed by atoms with Crippen molar-refractivity contribution < 1.29 is 13.6 Å². The van der Waals surface area contributed by atoms with Gasteiger partial charge in [-0.25, -0.2) is 9.78 Å². The fourth-order valence-electron chi connectivity index (χ4n) is 4.88. The van der Waals surface area contributed by atoms with Crippen molar-refractivity contribution in [1.82, 2.24) is 14.9 Å². The van der Waals surface area contributed by atoms with Gasteiger partial charge in [0, 0.05) is 23.4 Å². The van der Waals surface area contributed by atoms with E-state index in [0.717, 1.165) is 44.3 Å².